The second-order valence-electron chi connectivity index (χ2n) is 9.38. The summed E-state index contributed by atoms with van der Waals surface area (Å²) in [6.07, 6.45) is 3.17. The van der Waals surface area contributed by atoms with Crippen molar-refractivity contribution < 1.29 is 9.53 Å². The van der Waals surface area contributed by atoms with E-state index in [2.05, 4.69) is 44.4 Å². The number of nitrogens with zero attached hydrogens (tertiary/aromatic N) is 6. The summed E-state index contributed by atoms with van der Waals surface area (Å²) in [7, 11) is 0. The molecule has 5 rings (SSSR count). The lowest BCUT2D eigenvalue weighted by atomic mass is 9.99. The van der Waals surface area contributed by atoms with Crippen LogP contribution in [0.1, 0.15) is 37.6 Å². The third-order valence-electron chi connectivity index (χ3n) is 6.74. The van der Waals surface area contributed by atoms with E-state index in [1.54, 1.807) is 4.52 Å². The number of fused-ring (bicyclic) bond motifs is 1. The summed E-state index contributed by atoms with van der Waals surface area (Å²) in [5.41, 5.74) is 2.75. The number of carbonyl (C=O) groups is 1. The number of piperidine rings is 1. The minimum Gasteiger partial charge on any atom is -0.379 e. The summed E-state index contributed by atoms with van der Waals surface area (Å²) >= 11 is 0. The molecule has 2 aliphatic rings. The first-order valence-corrected chi connectivity index (χ1v) is 12.3. The summed E-state index contributed by atoms with van der Waals surface area (Å²) < 4.78 is 7.18. The van der Waals surface area contributed by atoms with E-state index in [9.17, 15) is 4.79 Å². The molecule has 0 spiro atoms. The van der Waals surface area contributed by atoms with Crippen LogP contribution in [0.4, 0.5) is 11.5 Å². The third kappa shape index (κ3) is 5.53. The van der Waals surface area contributed by atoms with Crippen molar-refractivity contribution in [3.63, 3.8) is 0 Å². The van der Waals surface area contributed by atoms with Crippen LogP contribution < -0.4 is 10.2 Å². The topological polar surface area (TPSA) is 87.9 Å². The highest BCUT2D eigenvalue weighted by Crippen LogP contribution is 2.21. The molecule has 4 heterocycles. The maximum Gasteiger partial charge on any atom is 0.224 e. The fourth-order valence-electron chi connectivity index (χ4n) is 4.55. The fourth-order valence-corrected chi connectivity index (χ4v) is 4.55. The van der Waals surface area contributed by atoms with E-state index in [0.717, 1.165) is 63.4 Å². The molecule has 0 saturated carbocycles. The van der Waals surface area contributed by atoms with Crippen LogP contribution >= 0.6 is 0 Å². The van der Waals surface area contributed by atoms with Gasteiger partial charge in [-0.05, 0) is 48.6 Å². The molecule has 1 amide bonds. The molecule has 2 saturated heterocycles. The van der Waals surface area contributed by atoms with Crippen LogP contribution in [0.15, 0.2) is 36.4 Å². The third-order valence-corrected chi connectivity index (χ3v) is 6.74. The van der Waals surface area contributed by atoms with Crippen molar-refractivity contribution in [3.8, 4) is 0 Å². The van der Waals surface area contributed by atoms with Crippen LogP contribution in [0.5, 0.6) is 0 Å². The number of rotatable bonds is 7. The standard InChI is InChI=1S/C25H33N7O2/c1-19-10-12-31(13-11-19)24-7-6-22-27-28-23(32(22)29-24)8-9-25(33)26-21-4-2-20(3-5-21)18-30-14-16-34-17-15-30/h2-7,19H,8-18H2,1H3,(H,26,33). The molecule has 3 aromatic rings. The van der Waals surface area contributed by atoms with E-state index in [1.807, 2.05) is 24.3 Å². The summed E-state index contributed by atoms with van der Waals surface area (Å²) in [5, 5.41) is 16.3. The Morgan fingerprint density at radius 3 is 2.56 bits per heavy atom. The lowest BCUT2D eigenvalue weighted by Gasteiger charge is -2.30. The van der Waals surface area contributed by atoms with Crippen molar-refractivity contribution in [2.45, 2.75) is 39.2 Å². The van der Waals surface area contributed by atoms with Gasteiger partial charge >= 0.3 is 0 Å². The van der Waals surface area contributed by atoms with Crippen LogP contribution in [-0.2, 0) is 22.5 Å². The van der Waals surface area contributed by atoms with Gasteiger partial charge in [-0.15, -0.1) is 15.3 Å². The molecule has 180 valence electrons. The van der Waals surface area contributed by atoms with Gasteiger partial charge < -0.3 is 15.0 Å². The molecule has 9 heteroatoms. The van der Waals surface area contributed by atoms with Crippen LogP contribution in [-0.4, -0.2) is 70.0 Å². The molecule has 0 atom stereocenters. The Morgan fingerprint density at radius 1 is 1.03 bits per heavy atom. The zero-order valence-corrected chi connectivity index (χ0v) is 19.8. The molecule has 1 N–H and O–H groups in total. The van der Waals surface area contributed by atoms with Gasteiger partial charge in [-0.2, -0.15) is 4.52 Å². The SMILES string of the molecule is CC1CCN(c2ccc3nnc(CCC(=O)Nc4ccc(CN5CCOCC5)cc4)n3n2)CC1. The lowest BCUT2D eigenvalue weighted by Crippen LogP contribution is -2.35. The average Bonchev–Trinajstić information content (AvgIpc) is 3.27. The zero-order chi connectivity index (χ0) is 23.3. The van der Waals surface area contributed by atoms with Gasteiger partial charge in [0, 0.05) is 51.3 Å². The average molecular weight is 464 g/mol. The normalized spacial score (nSPS) is 17.9. The van der Waals surface area contributed by atoms with Crippen LogP contribution in [0.2, 0.25) is 0 Å². The van der Waals surface area contributed by atoms with Crippen molar-refractivity contribution in [1.29, 1.82) is 0 Å². The van der Waals surface area contributed by atoms with Crippen molar-refractivity contribution in [1.82, 2.24) is 24.7 Å². The van der Waals surface area contributed by atoms with Gasteiger partial charge in [-0.3, -0.25) is 9.69 Å². The molecule has 0 unspecified atom stereocenters. The lowest BCUT2D eigenvalue weighted by molar-refractivity contribution is -0.116. The van der Waals surface area contributed by atoms with Crippen molar-refractivity contribution >= 4 is 23.1 Å². The van der Waals surface area contributed by atoms with E-state index >= 15 is 0 Å². The molecule has 2 aromatic heterocycles. The Morgan fingerprint density at radius 2 is 1.79 bits per heavy atom. The minimum absolute atomic E-state index is 0.0427. The smallest absolute Gasteiger partial charge is 0.224 e. The van der Waals surface area contributed by atoms with Gasteiger partial charge in [0.15, 0.2) is 11.5 Å². The number of morpholine rings is 1. The molecule has 1 aromatic carbocycles. The van der Waals surface area contributed by atoms with Gasteiger partial charge in [0.05, 0.1) is 13.2 Å². The molecule has 0 bridgehead atoms. The van der Waals surface area contributed by atoms with Crippen molar-refractivity contribution in [3.05, 3.63) is 47.8 Å². The Balaban J connectivity index is 1.16. The first-order chi connectivity index (χ1) is 16.6. The molecular weight excluding hydrogens is 430 g/mol. The van der Waals surface area contributed by atoms with Gasteiger partial charge in [0.1, 0.15) is 5.82 Å². The van der Waals surface area contributed by atoms with Crippen molar-refractivity contribution in [2.75, 3.05) is 49.6 Å². The molecule has 0 radical (unpaired) electrons. The van der Waals surface area contributed by atoms with E-state index in [4.69, 9.17) is 9.84 Å². The number of aromatic nitrogens is 4. The predicted molar refractivity (Wildman–Crippen MR) is 131 cm³/mol. The molecule has 9 nitrogen and oxygen atoms in total. The zero-order valence-electron chi connectivity index (χ0n) is 19.8. The number of carbonyl (C=O) groups excluding carboxylic acids is 1. The molecule has 34 heavy (non-hydrogen) atoms. The van der Waals surface area contributed by atoms with Crippen LogP contribution in [0.25, 0.3) is 5.65 Å². The fraction of sp³-hybridized carbons (Fsp3) is 0.520. The Bertz CT molecular complexity index is 1100. The van der Waals surface area contributed by atoms with Crippen LogP contribution in [0, 0.1) is 5.92 Å². The number of ether oxygens (including phenoxy) is 1. The van der Waals surface area contributed by atoms with Gasteiger partial charge in [-0.25, -0.2) is 0 Å². The van der Waals surface area contributed by atoms with E-state index < -0.39 is 0 Å². The van der Waals surface area contributed by atoms with Gasteiger partial charge in [0.25, 0.3) is 0 Å². The summed E-state index contributed by atoms with van der Waals surface area (Å²) in [6, 6.07) is 12.0. The predicted octanol–water partition coefficient (Wildman–Crippen LogP) is 2.76. The van der Waals surface area contributed by atoms with E-state index in [-0.39, 0.29) is 5.91 Å². The van der Waals surface area contributed by atoms with E-state index in [1.165, 1.54) is 18.4 Å². The maximum atomic E-state index is 12.6. The molecule has 0 aliphatic carbocycles. The first-order valence-electron chi connectivity index (χ1n) is 12.3. The second-order valence-corrected chi connectivity index (χ2v) is 9.38. The number of hydrogen-bond acceptors (Lipinski definition) is 7. The van der Waals surface area contributed by atoms with Crippen molar-refractivity contribution in [2.24, 2.45) is 5.92 Å². The summed E-state index contributed by atoms with van der Waals surface area (Å²) in [6.45, 7) is 8.76. The van der Waals surface area contributed by atoms with Gasteiger partial charge in [-0.1, -0.05) is 19.1 Å². The summed E-state index contributed by atoms with van der Waals surface area (Å²) in [4.78, 5) is 17.3. The highest BCUT2D eigenvalue weighted by molar-refractivity contribution is 5.90. The largest absolute Gasteiger partial charge is 0.379 e. The molecule has 2 aliphatic heterocycles. The Hall–Kier alpha value is -3.04. The summed E-state index contributed by atoms with van der Waals surface area (Å²) in [5.74, 6) is 2.38. The first kappa shape index (κ1) is 22.7. The highest BCUT2D eigenvalue weighted by Gasteiger charge is 2.18. The number of anilines is 2. The number of hydrogen-bond donors (Lipinski definition) is 1. The van der Waals surface area contributed by atoms with E-state index in [0.29, 0.717) is 24.3 Å². The number of amides is 1. The quantitative estimate of drug-likeness (QED) is 0.576. The second kappa shape index (κ2) is 10.5. The number of nitrogens with one attached hydrogen (secondary N) is 1. The molecule has 2 fully saturated rings. The number of benzene rings is 1. The van der Waals surface area contributed by atoms with Gasteiger partial charge in [0.2, 0.25) is 5.91 Å². The number of aryl methyl sites for hydroxylation is 1. The Kier molecular flexibility index (Phi) is 7.01. The maximum absolute atomic E-state index is 12.6. The molecular formula is C25H33N7O2. The Labute approximate surface area is 200 Å². The van der Waals surface area contributed by atoms with Crippen LogP contribution in [0.3, 0.4) is 0 Å². The minimum atomic E-state index is -0.0427. The highest BCUT2D eigenvalue weighted by atomic mass is 16.5. The monoisotopic (exact) mass is 463 g/mol.